The monoisotopic (exact) mass is 285 g/mol. The number of carbonyl (C=O) groups is 1. The van der Waals surface area contributed by atoms with Crippen LogP contribution >= 0.6 is 0 Å². The van der Waals surface area contributed by atoms with Crippen molar-refractivity contribution in [1.29, 1.82) is 0 Å². The van der Waals surface area contributed by atoms with E-state index in [1.165, 1.54) is 11.1 Å². The van der Waals surface area contributed by atoms with Crippen LogP contribution in [0.2, 0.25) is 0 Å². The van der Waals surface area contributed by atoms with Gasteiger partial charge in [0.05, 0.1) is 12.1 Å². The van der Waals surface area contributed by atoms with Crippen LogP contribution in [0.1, 0.15) is 28.1 Å². The highest BCUT2D eigenvalue weighted by molar-refractivity contribution is 5.79. The molecule has 2 aromatic rings. The molecule has 0 atom stereocenters. The van der Waals surface area contributed by atoms with Gasteiger partial charge >= 0.3 is 0 Å². The molecule has 0 unspecified atom stereocenters. The number of rotatable bonds is 5. The molecule has 21 heavy (non-hydrogen) atoms. The molecule has 4 nitrogen and oxygen atoms in total. The average molecular weight is 285 g/mol. The maximum atomic E-state index is 12.1. The maximum absolute atomic E-state index is 12.1. The first-order valence-corrected chi connectivity index (χ1v) is 7.29. The molecule has 0 saturated carbocycles. The molecule has 0 bridgehead atoms. The number of aryl methyl sites for hydroxylation is 3. The first kappa shape index (κ1) is 15.3. The second-order valence-electron chi connectivity index (χ2n) is 5.48. The quantitative estimate of drug-likeness (QED) is 0.916. The summed E-state index contributed by atoms with van der Waals surface area (Å²) in [6.45, 7) is 6.71. The van der Waals surface area contributed by atoms with Crippen LogP contribution in [0.15, 0.2) is 24.3 Å². The lowest BCUT2D eigenvalue weighted by molar-refractivity contribution is -0.120. The number of hydrogen-bond acceptors (Lipinski definition) is 2. The third kappa shape index (κ3) is 3.72. The second-order valence-corrected chi connectivity index (χ2v) is 5.48. The van der Waals surface area contributed by atoms with Gasteiger partial charge in [0.1, 0.15) is 0 Å². The van der Waals surface area contributed by atoms with Gasteiger partial charge in [-0.15, -0.1) is 0 Å². The molecule has 4 heteroatoms. The topological polar surface area (TPSA) is 46.9 Å². The lowest BCUT2D eigenvalue weighted by Crippen LogP contribution is -2.27. The number of aromatic nitrogens is 2. The number of carbonyl (C=O) groups excluding carboxylic acids is 1. The van der Waals surface area contributed by atoms with Crippen molar-refractivity contribution >= 4 is 5.91 Å². The fraction of sp³-hybridized carbons (Fsp3) is 0.412. The van der Waals surface area contributed by atoms with Crippen LogP contribution in [-0.2, 0) is 24.7 Å². The number of nitrogens with zero attached hydrogens (tertiary/aromatic N) is 2. The van der Waals surface area contributed by atoms with Gasteiger partial charge in [-0.25, -0.2) is 0 Å². The zero-order chi connectivity index (χ0) is 15.4. The summed E-state index contributed by atoms with van der Waals surface area (Å²) in [6, 6.07) is 8.27. The predicted molar refractivity (Wildman–Crippen MR) is 84.3 cm³/mol. The smallest absolute Gasteiger partial charge is 0.224 e. The lowest BCUT2D eigenvalue weighted by Gasteiger charge is -2.08. The van der Waals surface area contributed by atoms with Crippen LogP contribution in [0.5, 0.6) is 0 Å². The van der Waals surface area contributed by atoms with Crippen molar-refractivity contribution < 1.29 is 4.79 Å². The van der Waals surface area contributed by atoms with Gasteiger partial charge in [0.15, 0.2) is 0 Å². The molecular weight excluding hydrogens is 262 g/mol. The van der Waals surface area contributed by atoms with E-state index in [1.807, 2.05) is 37.7 Å². The van der Waals surface area contributed by atoms with Gasteiger partial charge < -0.3 is 5.32 Å². The fourth-order valence-corrected chi connectivity index (χ4v) is 2.52. The zero-order valence-corrected chi connectivity index (χ0v) is 13.2. The number of nitrogens with one attached hydrogen (secondary N) is 1. The van der Waals surface area contributed by atoms with E-state index in [2.05, 4.69) is 29.5 Å². The summed E-state index contributed by atoms with van der Waals surface area (Å²) in [5, 5.41) is 7.33. The summed E-state index contributed by atoms with van der Waals surface area (Å²) in [5.74, 6) is 0.0581. The van der Waals surface area contributed by atoms with Crippen LogP contribution in [-0.4, -0.2) is 22.2 Å². The third-order valence-corrected chi connectivity index (χ3v) is 3.97. The van der Waals surface area contributed by atoms with Gasteiger partial charge in [-0.2, -0.15) is 5.10 Å². The summed E-state index contributed by atoms with van der Waals surface area (Å²) in [4.78, 5) is 12.1. The van der Waals surface area contributed by atoms with Gasteiger partial charge in [0.2, 0.25) is 5.91 Å². The molecular formula is C17H23N3O. The number of benzene rings is 1. The molecule has 112 valence electrons. The van der Waals surface area contributed by atoms with Crippen LogP contribution in [0.3, 0.4) is 0 Å². The van der Waals surface area contributed by atoms with E-state index >= 15 is 0 Å². The van der Waals surface area contributed by atoms with Crippen LogP contribution in [0.25, 0.3) is 0 Å². The van der Waals surface area contributed by atoms with Crippen molar-refractivity contribution in [1.82, 2.24) is 15.1 Å². The molecule has 0 aliphatic rings. The molecule has 0 aliphatic carbocycles. The molecule has 0 aliphatic heterocycles. The highest BCUT2D eigenvalue weighted by atomic mass is 16.1. The summed E-state index contributed by atoms with van der Waals surface area (Å²) in [7, 11) is 1.90. The van der Waals surface area contributed by atoms with E-state index in [9.17, 15) is 4.79 Å². The standard InChI is InChI=1S/C17H23N3O/c1-12-7-5-6-8-15(12)9-10-18-17(21)11-16-13(2)19-20(4)14(16)3/h5-8H,9-11H2,1-4H3,(H,18,21). The van der Waals surface area contributed by atoms with E-state index in [4.69, 9.17) is 0 Å². The Bertz CT molecular complexity index is 643. The van der Waals surface area contributed by atoms with Gasteiger partial charge in [-0.05, 0) is 38.3 Å². The lowest BCUT2D eigenvalue weighted by atomic mass is 10.1. The Hall–Kier alpha value is -2.10. The minimum Gasteiger partial charge on any atom is -0.355 e. The van der Waals surface area contributed by atoms with Crippen molar-refractivity contribution in [3.63, 3.8) is 0 Å². The minimum atomic E-state index is 0.0581. The van der Waals surface area contributed by atoms with Crippen LogP contribution < -0.4 is 5.32 Å². The molecule has 1 N–H and O–H groups in total. The Labute approximate surface area is 126 Å². The van der Waals surface area contributed by atoms with Crippen molar-refractivity contribution in [2.75, 3.05) is 6.54 Å². The van der Waals surface area contributed by atoms with Crippen LogP contribution in [0, 0.1) is 20.8 Å². The van der Waals surface area contributed by atoms with E-state index in [1.54, 1.807) is 0 Å². The van der Waals surface area contributed by atoms with E-state index in [0.717, 1.165) is 23.4 Å². The Morgan fingerprint density at radius 3 is 2.57 bits per heavy atom. The van der Waals surface area contributed by atoms with Gasteiger partial charge in [-0.1, -0.05) is 24.3 Å². The van der Waals surface area contributed by atoms with Crippen molar-refractivity contribution in [2.45, 2.75) is 33.6 Å². The maximum Gasteiger partial charge on any atom is 0.224 e. The van der Waals surface area contributed by atoms with E-state index in [-0.39, 0.29) is 5.91 Å². The molecule has 0 spiro atoms. The summed E-state index contributed by atoms with van der Waals surface area (Å²) < 4.78 is 1.82. The SMILES string of the molecule is Cc1ccccc1CCNC(=O)Cc1c(C)nn(C)c1C. The molecule has 2 rings (SSSR count). The Balaban J connectivity index is 1.87. The van der Waals surface area contributed by atoms with Crippen LogP contribution in [0.4, 0.5) is 0 Å². The van der Waals surface area contributed by atoms with E-state index < -0.39 is 0 Å². The minimum absolute atomic E-state index is 0.0581. The van der Waals surface area contributed by atoms with Gasteiger partial charge in [0, 0.05) is 24.8 Å². The molecule has 0 radical (unpaired) electrons. The van der Waals surface area contributed by atoms with Crippen molar-refractivity contribution in [3.8, 4) is 0 Å². The van der Waals surface area contributed by atoms with Gasteiger partial charge in [0.25, 0.3) is 0 Å². The Morgan fingerprint density at radius 1 is 1.24 bits per heavy atom. The molecule has 1 amide bonds. The predicted octanol–water partition coefficient (Wildman–Crippen LogP) is 2.25. The van der Waals surface area contributed by atoms with Crippen molar-refractivity contribution in [3.05, 3.63) is 52.3 Å². The third-order valence-electron chi connectivity index (χ3n) is 3.97. The first-order chi connectivity index (χ1) is 9.99. The normalized spacial score (nSPS) is 10.7. The largest absolute Gasteiger partial charge is 0.355 e. The number of amides is 1. The Kier molecular flexibility index (Phi) is 4.78. The molecule has 1 aromatic carbocycles. The summed E-state index contributed by atoms with van der Waals surface area (Å²) in [5.41, 5.74) is 5.58. The summed E-state index contributed by atoms with van der Waals surface area (Å²) in [6.07, 6.45) is 1.27. The molecule has 0 saturated heterocycles. The Morgan fingerprint density at radius 2 is 1.95 bits per heavy atom. The zero-order valence-electron chi connectivity index (χ0n) is 13.2. The van der Waals surface area contributed by atoms with E-state index in [0.29, 0.717) is 13.0 Å². The van der Waals surface area contributed by atoms with Crippen molar-refractivity contribution in [2.24, 2.45) is 7.05 Å². The molecule has 0 fully saturated rings. The summed E-state index contributed by atoms with van der Waals surface area (Å²) >= 11 is 0. The van der Waals surface area contributed by atoms with Gasteiger partial charge in [-0.3, -0.25) is 9.48 Å². The fourth-order valence-electron chi connectivity index (χ4n) is 2.52. The molecule has 1 heterocycles. The second kappa shape index (κ2) is 6.57. The molecule has 1 aromatic heterocycles. The highest BCUT2D eigenvalue weighted by Gasteiger charge is 2.13. The first-order valence-electron chi connectivity index (χ1n) is 7.29. The number of hydrogen-bond donors (Lipinski definition) is 1. The average Bonchev–Trinajstić information content (AvgIpc) is 2.68. The highest BCUT2D eigenvalue weighted by Crippen LogP contribution is 2.12.